The average molecular weight is 526 g/mol. The van der Waals surface area contributed by atoms with E-state index in [2.05, 4.69) is 5.10 Å². The second-order valence-corrected chi connectivity index (χ2v) is 12.3. The van der Waals surface area contributed by atoms with Crippen LogP contribution in [-0.4, -0.2) is 85.1 Å². The van der Waals surface area contributed by atoms with Crippen molar-refractivity contribution in [2.24, 2.45) is 5.92 Å². The first-order valence-electron chi connectivity index (χ1n) is 12.9. The predicted octanol–water partition coefficient (Wildman–Crippen LogP) is 2.73. The van der Waals surface area contributed by atoms with E-state index >= 15 is 0 Å². The maximum atomic E-state index is 13.4. The van der Waals surface area contributed by atoms with Gasteiger partial charge in [-0.05, 0) is 74.1 Å². The Bertz CT molecular complexity index is 1390. The summed E-state index contributed by atoms with van der Waals surface area (Å²) in [5.41, 5.74) is 4.14. The van der Waals surface area contributed by atoms with E-state index in [-0.39, 0.29) is 24.3 Å². The van der Waals surface area contributed by atoms with Gasteiger partial charge in [0.05, 0.1) is 21.7 Å². The summed E-state index contributed by atoms with van der Waals surface area (Å²) in [6.45, 7) is 4.06. The number of fused-ring (bicyclic) bond motifs is 1. The van der Waals surface area contributed by atoms with E-state index in [1.54, 1.807) is 21.0 Å². The second kappa shape index (κ2) is 10.1. The summed E-state index contributed by atoms with van der Waals surface area (Å²) in [5.74, 6) is 0.298. The first-order chi connectivity index (χ1) is 17.7. The van der Waals surface area contributed by atoms with Gasteiger partial charge in [0, 0.05) is 64.7 Å². The minimum Gasteiger partial charge on any atom is -0.396 e. The first-order valence-corrected chi connectivity index (χ1v) is 14.3. The molecular weight excluding hydrogens is 490 g/mol. The molecule has 1 N–H and O–H groups in total. The molecule has 2 fully saturated rings. The quantitative estimate of drug-likeness (QED) is 0.532. The molecule has 1 amide bonds. The highest BCUT2D eigenvalue weighted by Crippen LogP contribution is 2.33. The number of pyridine rings is 1. The standard InChI is InChI=1S/C27H35N5O4S/c1-19-26(27(34)30-12-8-20(17-30)18-33)25-16-22(11-15-32(25)28-19)21-9-13-31(14-10-21)37(35,36)24-6-4-23(5-7-24)29(2)3/h4-7,11,15-16,20-21,33H,8-10,12-14,17-18H2,1-3H3. The van der Waals surface area contributed by atoms with Crippen molar-refractivity contribution in [2.75, 3.05) is 51.8 Å². The Kier molecular flexibility index (Phi) is 6.99. The summed E-state index contributed by atoms with van der Waals surface area (Å²) >= 11 is 0. The topological polar surface area (TPSA) is 98.5 Å². The normalized spacial score (nSPS) is 19.6. The van der Waals surface area contributed by atoms with Crippen LogP contribution in [0.5, 0.6) is 0 Å². The minimum absolute atomic E-state index is 0.0400. The average Bonchev–Trinajstić information content (AvgIpc) is 3.52. The summed E-state index contributed by atoms with van der Waals surface area (Å²) in [6, 6.07) is 11.1. The maximum Gasteiger partial charge on any atom is 0.257 e. The summed E-state index contributed by atoms with van der Waals surface area (Å²) in [7, 11) is 0.308. The summed E-state index contributed by atoms with van der Waals surface area (Å²) in [5, 5.41) is 14.0. The zero-order valence-electron chi connectivity index (χ0n) is 21.7. The van der Waals surface area contributed by atoms with E-state index in [1.807, 2.05) is 61.3 Å². The SMILES string of the molecule is Cc1nn2ccc(C3CCN(S(=O)(=O)c4ccc(N(C)C)cc4)CC3)cc2c1C(=O)N1CCC(CO)C1. The Morgan fingerprint density at radius 2 is 1.78 bits per heavy atom. The van der Waals surface area contributed by atoms with Crippen LogP contribution in [0.3, 0.4) is 0 Å². The zero-order valence-corrected chi connectivity index (χ0v) is 22.5. The van der Waals surface area contributed by atoms with Gasteiger partial charge in [-0.15, -0.1) is 0 Å². The molecule has 3 aromatic rings. The molecule has 0 bridgehead atoms. The third kappa shape index (κ3) is 4.85. The smallest absolute Gasteiger partial charge is 0.257 e. The lowest BCUT2D eigenvalue weighted by Gasteiger charge is -2.31. The lowest BCUT2D eigenvalue weighted by molar-refractivity contribution is 0.0783. The fourth-order valence-corrected chi connectivity index (χ4v) is 6.99. The number of aliphatic hydroxyl groups is 1. The number of nitrogens with zero attached hydrogens (tertiary/aromatic N) is 5. The lowest BCUT2D eigenvalue weighted by atomic mass is 9.90. The van der Waals surface area contributed by atoms with Crippen molar-refractivity contribution in [3.05, 3.63) is 59.4 Å². The van der Waals surface area contributed by atoms with Crippen LogP contribution in [0.2, 0.25) is 0 Å². The zero-order chi connectivity index (χ0) is 26.3. The number of aromatic nitrogens is 2. The number of aliphatic hydroxyl groups excluding tert-OH is 1. The molecule has 0 radical (unpaired) electrons. The molecule has 2 aliphatic rings. The molecule has 198 valence electrons. The van der Waals surface area contributed by atoms with Gasteiger partial charge in [-0.25, -0.2) is 12.9 Å². The molecule has 1 aromatic carbocycles. The van der Waals surface area contributed by atoms with Crippen molar-refractivity contribution < 1.29 is 18.3 Å². The van der Waals surface area contributed by atoms with Crippen LogP contribution in [0.15, 0.2) is 47.5 Å². The summed E-state index contributed by atoms with van der Waals surface area (Å²) < 4.78 is 29.8. The number of piperidine rings is 1. The van der Waals surface area contributed by atoms with Crippen molar-refractivity contribution in [3.63, 3.8) is 0 Å². The number of hydrogen-bond donors (Lipinski definition) is 1. The molecule has 5 rings (SSSR count). The Morgan fingerprint density at radius 3 is 2.41 bits per heavy atom. The number of amides is 1. The highest BCUT2D eigenvalue weighted by Gasteiger charge is 2.32. The fraction of sp³-hybridized carbons (Fsp3) is 0.481. The number of hydrogen-bond acceptors (Lipinski definition) is 6. The van der Waals surface area contributed by atoms with Gasteiger partial charge in [0.2, 0.25) is 10.0 Å². The Labute approximate surface area is 218 Å². The largest absolute Gasteiger partial charge is 0.396 e. The molecule has 1 atom stereocenters. The molecule has 10 heteroatoms. The molecule has 0 aliphatic carbocycles. The Balaban J connectivity index is 1.32. The molecule has 0 spiro atoms. The Morgan fingerprint density at radius 1 is 1.08 bits per heavy atom. The molecule has 4 heterocycles. The van der Waals surface area contributed by atoms with Gasteiger partial charge in [0.25, 0.3) is 5.91 Å². The fourth-order valence-electron chi connectivity index (χ4n) is 5.52. The molecule has 0 saturated carbocycles. The van der Waals surface area contributed by atoms with Crippen molar-refractivity contribution in [3.8, 4) is 0 Å². The molecule has 1 unspecified atom stereocenters. The second-order valence-electron chi connectivity index (χ2n) is 10.4. The number of aryl methyl sites for hydroxylation is 1. The number of rotatable bonds is 6. The first kappa shape index (κ1) is 25.7. The molecule has 9 nitrogen and oxygen atoms in total. The molecular formula is C27H35N5O4S. The monoisotopic (exact) mass is 525 g/mol. The van der Waals surface area contributed by atoms with Crippen LogP contribution in [-0.2, 0) is 10.0 Å². The van der Waals surface area contributed by atoms with Gasteiger partial charge >= 0.3 is 0 Å². The lowest BCUT2D eigenvalue weighted by Crippen LogP contribution is -2.37. The maximum absolute atomic E-state index is 13.4. The van der Waals surface area contributed by atoms with E-state index in [0.29, 0.717) is 55.2 Å². The van der Waals surface area contributed by atoms with E-state index in [4.69, 9.17) is 0 Å². The number of carbonyl (C=O) groups excluding carboxylic acids is 1. The number of likely N-dealkylation sites (tertiary alicyclic amines) is 1. The third-order valence-electron chi connectivity index (χ3n) is 7.80. The number of carbonyl (C=O) groups is 1. The van der Waals surface area contributed by atoms with Gasteiger partial charge in [-0.3, -0.25) is 4.79 Å². The van der Waals surface area contributed by atoms with Gasteiger partial charge in [-0.1, -0.05) is 0 Å². The van der Waals surface area contributed by atoms with Crippen molar-refractivity contribution in [1.29, 1.82) is 0 Å². The molecule has 2 aromatic heterocycles. The van der Waals surface area contributed by atoms with Crippen LogP contribution in [0, 0.1) is 12.8 Å². The van der Waals surface area contributed by atoms with Gasteiger partial charge in [-0.2, -0.15) is 9.40 Å². The number of benzene rings is 1. The van der Waals surface area contributed by atoms with Gasteiger partial charge < -0.3 is 14.9 Å². The van der Waals surface area contributed by atoms with E-state index < -0.39 is 10.0 Å². The van der Waals surface area contributed by atoms with Crippen LogP contribution >= 0.6 is 0 Å². The third-order valence-corrected chi connectivity index (χ3v) is 9.71. The minimum atomic E-state index is -3.54. The van der Waals surface area contributed by atoms with Gasteiger partial charge in [0.15, 0.2) is 0 Å². The van der Waals surface area contributed by atoms with E-state index in [1.165, 1.54) is 0 Å². The number of sulfonamides is 1. The van der Waals surface area contributed by atoms with Gasteiger partial charge in [0.1, 0.15) is 0 Å². The van der Waals surface area contributed by atoms with Crippen LogP contribution in [0.4, 0.5) is 5.69 Å². The molecule has 2 saturated heterocycles. The summed E-state index contributed by atoms with van der Waals surface area (Å²) in [6.07, 6.45) is 4.13. The van der Waals surface area contributed by atoms with E-state index in [0.717, 1.165) is 23.2 Å². The summed E-state index contributed by atoms with van der Waals surface area (Å²) in [4.78, 5) is 17.4. The predicted molar refractivity (Wildman–Crippen MR) is 143 cm³/mol. The van der Waals surface area contributed by atoms with Crippen molar-refractivity contribution in [1.82, 2.24) is 18.8 Å². The Hall–Kier alpha value is -2.95. The highest BCUT2D eigenvalue weighted by atomic mass is 32.2. The van der Waals surface area contributed by atoms with Crippen molar-refractivity contribution in [2.45, 2.75) is 37.0 Å². The highest BCUT2D eigenvalue weighted by molar-refractivity contribution is 7.89. The number of anilines is 1. The van der Waals surface area contributed by atoms with Crippen LogP contribution in [0.25, 0.3) is 5.52 Å². The molecule has 2 aliphatic heterocycles. The van der Waals surface area contributed by atoms with E-state index in [9.17, 15) is 18.3 Å². The van der Waals surface area contributed by atoms with Crippen molar-refractivity contribution >= 4 is 27.1 Å². The van der Waals surface area contributed by atoms with Crippen LogP contribution in [0.1, 0.15) is 46.8 Å². The van der Waals surface area contributed by atoms with Crippen LogP contribution < -0.4 is 4.90 Å². The molecule has 37 heavy (non-hydrogen) atoms.